The van der Waals surface area contributed by atoms with Crippen molar-refractivity contribution >= 4 is 6.09 Å². The fraction of sp³-hybridized carbons (Fsp3) is 0.632. The fourth-order valence-corrected chi connectivity index (χ4v) is 3.48. The number of benzene rings is 1. The predicted molar refractivity (Wildman–Crippen MR) is 92.6 cm³/mol. The number of likely N-dealkylation sites (tertiary alicyclic amines) is 1. The van der Waals surface area contributed by atoms with E-state index in [2.05, 4.69) is 4.90 Å². The lowest BCUT2D eigenvalue weighted by Gasteiger charge is -2.35. The summed E-state index contributed by atoms with van der Waals surface area (Å²) in [5, 5.41) is 9.13. The van der Waals surface area contributed by atoms with Crippen LogP contribution in [0.3, 0.4) is 0 Å². The largest absolute Gasteiger partial charge is 0.445 e. The van der Waals surface area contributed by atoms with Gasteiger partial charge in [0.05, 0.1) is 6.61 Å². The number of rotatable bonds is 7. The molecule has 1 aromatic rings. The summed E-state index contributed by atoms with van der Waals surface area (Å²) in [5.41, 5.74) is 1.02. The van der Waals surface area contributed by atoms with E-state index in [1.807, 2.05) is 35.2 Å². The van der Waals surface area contributed by atoms with Crippen LogP contribution >= 0.6 is 0 Å². The number of ether oxygens (including phenoxy) is 1. The van der Waals surface area contributed by atoms with Crippen molar-refractivity contribution in [2.45, 2.75) is 38.3 Å². The molecule has 5 heteroatoms. The Bertz CT molecular complexity index is 517. The molecule has 1 aliphatic heterocycles. The topological polar surface area (TPSA) is 53.0 Å². The average Bonchev–Trinajstić information content (AvgIpc) is 3.44. The van der Waals surface area contributed by atoms with Gasteiger partial charge in [0.1, 0.15) is 6.61 Å². The summed E-state index contributed by atoms with van der Waals surface area (Å²) in [7, 11) is 0. The second kappa shape index (κ2) is 8.49. The summed E-state index contributed by atoms with van der Waals surface area (Å²) in [6.45, 7) is 4.08. The first-order chi connectivity index (χ1) is 11.8. The maximum Gasteiger partial charge on any atom is 0.410 e. The maximum atomic E-state index is 12.5. The quantitative estimate of drug-likeness (QED) is 0.833. The minimum atomic E-state index is -0.180. The third-order valence-electron chi connectivity index (χ3n) is 4.90. The van der Waals surface area contributed by atoms with Crippen molar-refractivity contribution < 1.29 is 14.6 Å². The number of hydrogen-bond acceptors (Lipinski definition) is 4. The molecule has 1 heterocycles. The second-order valence-corrected chi connectivity index (χ2v) is 6.96. The van der Waals surface area contributed by atoms with Crippen molar-refractivity contribution in [3.63, 3.8) is 0 Å². The second-order valence-electron chi connectivity index (χ2n) is 6.96. The Balaban J connectivity index is 1.51. The van der Waals surface area contributed by atoms with Crippen molar-refractivity contribution in [1.29, 1.82) is 0 Å². The van der Waals surface area contributed by atoms with Crippen molar-refractivity contribution in [2.75, 3.05) is 32.8 Å². The number of carbonyl (C=O) groups is 1. The van der Waals surface area contributed by atoms with Crippen LogP contribution in [-0.4, -0.2) is 59.8 Å². The molecule has 3 rings (SSSR count). The zero-order valence-electron chi connectivity index (χ0n) is 14.3. The molecule has 2 aliphatic rings. The predicted octanol–water partition coefficient (Wildman–Crippen LogP) is 2.49. The van der Waals surface area contributed by atoms with Crippen LogP contribution in [0.25, 0.3) is 0 Å². The Hall–Kier alpha value is -1.59. The first-order valence-electron chi connectivity index (χ1n) is 9.07. The molecule has 2 fully saturated rings. The van der Waals surface area contributed by atoms with Crippen molar-refractivity contribution in [3.05, 3.63) is 35.9 Å². The van der Waals surface area contributed by atoms with E-state index in [1.165, 1.54) is 0 Å². The van der Waals surface area contributed by atoms with Crippen LogP contribution in [0.15, 0.2) is 30.3 Å². The number of aliphatic hydroxyl groups is 1. The summed E-state index contributed by atoms with van der Waals surface area (Å²) in [6.07, 6.45) is 4.29. The van der Waals surface area contributed by atoms with Gasteiger partial charge in [-0.05, 0) is 43.7 Å². The smallest absolute Gasteiger partial charge is 0.410 e. The van der Waals surface area contributed by atoms with Crippen LogP contribution in [0.2, 0.25) is 0 Å². The highest BCUT2D eigenvalue weighted by Gasteiger charge is 2.35. The van der Waals surface area contributed by atoms with Crippen LogP contribution in [0.4, 0.5) is 4.79 Å². The van der Waals surface area contributed by atoms with E-state index in [4.69, 9.17) is 9.84 Å². The van der Waals surface area contributed by atoms with Crippen LogP contribution in [0, 0.1) is 5.92 Å². The Labute approximate surface area is 144 Å². The number of hydrogen-bond donors (Lipinski definition) is 1. The van der Waals surface area contributed by atoms with E-state index in [9.17, 15) is 4.79 Å². The highest BCUT2D eigenvalue weighted by molar-refractivity contribution is 5.68. The molecule has 0 radical (unpaired) electrons. The summed E-state index contributed by atoms with van der Waals surface area (Å²) in [4.78, 5) is 16.8. The molecule has 1 saturated heterocycles. The van der Waals surface area contributed by atoms with E-state index >= 15 is 0 Å². The van der Waals surface area contributed by atoms with Crippen LogP contribution in [0.5, 0.6) is 0 Å². The van der Waals surface area contributed by atoms with E-state index in [0.29, 0.717) is 18.6 Å². The highest BCUT2D eigenvalue weighted by atomic mass is 16.6. The lowest BCUT2D eigenvalue weighted by molar-refractivity contribution is 0.0729. The zero-order chi connectivity index (χ0) is 16.8. The van der Waals surface area contributed by atoms with Gasteiger partial charge in [-0.25, -0.2) is 4.79 Å². The van der Waals surface area contributed by atoms with Gasteiger partial charge < -0.3 is 19.6 Å². The van der Waals surface area contributed by atoms with Gasteiger partial charge in [-0.2, -0.15) is 0 Å². The molecule has 1 N–H and O–H groups in total. The van der Waals surface area contributed by atoms with Gasteiger partial charge in [-0.1, -0.05) is 30.3 Å². The Morgan fingerprint density at radius 1 is 1.25 bits per heavy atom. The molecule has 5 nitrogen and oxygen atoms in total. The summed E-state index contributed by atoms with van der Waals surface area (Å²) in [5.74, 6) is 0.482. The van der Waals surface area contributed by atoms with E-state index in [-0.39, 0.29) is 12.7 Å². The molecule has 1 atom stereocenters. The molecule has 1 unspecified atom stereocenters. The fourth-order valence-electron chi connectivity index (χ4n) is 3.48. The van der Waals surface area contributed by atoms with Gasteiger partial charge in [-0.3, -0.25) is 0 Å². The van der Waals surface area contributed by atoms with Crippen molar-refractivity contribution in [2.24, 2.45) is 5.92 Å². The first kappa shape index (κ1) is 17.2. The Morgan fingerprint density at radius 2 is 2.04 bits per heavy atom. The van der Waals surface area contributed by atoms with E-state index in [1.54, 1.807) is 0 Å². The van der Waals surface area contributed by atoms with Crippen molar-refractivity contribution in [1.82, 2.24) is 9.80 Å². The van der Waals surface area contributed by atoms with Gasteiger partial charge >= 0.3 is 6.09 Å². The number of β-amino-alcohol motifs (C(OH)–C–C–N with tert-alkyl or cyclic N) is 1. The summed E-state index contributed by atoms with van der Waals surface area (Å²) in [6, 6.07) is 10.2. The van der Waals surface area contributed by atoms with E-state index < -0.39 is 0 Å². The average molecular weight is 332 g/mol. The monoisotopic (exact) mass is 332 g/mol. The molecule has 1 aliphatic carbocycles. The summed E-state index contributed by atoms with van der Waals surface area (Å²) < 4.78 is 5.54. The molecule has 0 spiro atoms. The lowest BCUT2D eigenvalue weighted by Crippen LogP contribution is -2.44. The molecule has 24 heavy (non-hydrogen) atoms. The van der Waals surface area contributed by atoms with Crippen LogP contribution in [0.1, 0.15) is 31.2 Å². The minimum Gasteiger partial charge on any atom is -0.445 e. The lowest BCUT2D eigenvalue weighted by atomic mass is 9.97. The number of amides is 1. The van der Waals surface area contributed by atoms with Crippen LogP contribution < -0.4 is 0 Å². The van der Waals surface area contributed by atoms with Gasteiger partial charge in [0.2, 0.25) is 0 Å². The summed E-state index contributed by atoms with van der Waals surface area (Å²) >= 11 is 0. The van der Waals surface area contributed by atoms with Crippen LogP contribution in [-0.2, 0) is 11.3 Å². The molecule has 1 aromatic carbocycles. The molecular weight excluding hydrogens is 304 g/mol. The third-order valence-corrected chi connectivity index (χ3v) is 4.90. The highest BCUT2D eigenvalue weighted by Crippen LogP contribution is 2.30. The Morgan fingerprint density at radius 3 is 2.75 bits per heavy atom. The maximum absolute atomic E-state index is 12.5. The molecule has 1 amide bonds. The van der Waals surface area contributed by atoms with E-state index in [0.717, 1.165) is 57.4 Å². The number of nitrogens with zero attached hydrogens (tertiary/aromatic N) is 2. The molecule has 0 bridgehead atoms. The van der Waals surface area contributed by atoms with Crippen molar-refractivity contribution in [3.8, 4) is 0 Å². The molecular formula is C19H28N2O3. The van der Waals surface area contributed by atoms with Gasteiger partial charge in [0.15, 0.2) is 0 Å². The van der Waals surface area contributed by atoms with Gasteiger partial charge in [0.25, 0.3) is 0 Å². The number of piperidine rings is 1. The van der Waals surface area contributed by atoms with Gasteiger partial charge in [-0.15, -0.1) is 0 Å². The molecule has 132 valence electrons. The zero-order valence-corrected chi connectivity index (χ0v) is 14.3. The number of carbonyl (C=O) groups excluding carboxylic acids is 1. The number of aliphatic hydroxyl groups excluding tert-OH is 1. The van der Waals surface area contributed by atoms with Gasteiger partial charge in [0, 0.05) is 25.7 Å². The standard InChI is InChI=1S/C19H28N2O3/c22-12-11-20-10-4-7-17(13-20)14-21(18-8-9-18)19(23)24-15-16-5-2-1-3-6-16/h1-3,5-6,17-18,22H,4,7-15H2. The molecule has 1 saturated carbocycles. The normalized spacial score (nSPS) is 21.5. The molecule has 0 aromatic heterocycles. The Kier molecular flexibility index (Phi) is 6.10. The third kappa shape index (κ3) is 4.95. The minimum absolute atomic E-state index is 0.180. The first-order valence-corrected chi connectivity index (χ1v) is 9.07. The SMILES string of the molecule is O=C(OCc1ccccc1)N(CC1CCCN(CCO)C1)C1CC1.